The zero-order chi connectivity index (χ0) is 28.2. The van der Waals surface area contributed by atoms with Crippen molar-refractivity contribution in [1.82, 2.24) is 0 Å². The van der Waals surface area contributed by atoms with E-state index in [-0.39, 0.29) is 57.1 Å². The predicted molar refractivity (Wildman–Crippen MR) is 145 cm³/mol. The zero-order valence-corrected chi connectivity index (χ0v) is 24.7. The summed E-state index contributed by atoms with van der Waals surface area (Å²) in [6.07, 6.45) is 8.12. The number of esters is 1. The summed E-state index contributed by atoms with van der Waals surface area (Å²) in [5, 5.41) is 9.85. The molecule has 3 aliphatic carbocycles. The number of nitrogens with zero attached hydrogens (tertiary/aromatic N) is 1. The second-order valence-electron chi connectivity index (χ2n) is 14.6. The summed E-state index contributed by atoms with van der Waals surface area (Å²) in [5.41, 5.74) is -0.877. The van der Waals surface area contributed by atoms with Gasteiger partial charge in [-0.25, -0.2) is 0 Å². The Labute approximate surface area is 224 Å². The van der Waals surface area contributed by atoms with Crippen LogP contribution in [0.3, 0.4) is 0 Å². The molecule has 0 aromatic carbocycles. The molecule has 0 amide bonds. The van der Waals surface area contributed by atoms with Gasteiger partial charge in [0.05, 0.1) is 18.1 Å². The maximum Gasteiger partial charge on any atom is 0.311 e. The molecule has 0 N–H and O–H groups in total. The molecule has 6 atom stereocenters. The maximum absolute atomic E-state index is 14.2. The molecule has 0 aliphatic heterocycles. The number of methoxy groups -OCH3 is 1. The van der Waals surface area contributed by atoms with Crippen LogP contribution in [0, 0.1) is 56.2 Å². The first-order valence-corrected chi connectivity index (χ1v) is 13.9. The SMILES string of the molecule is COC(=O)[C@@]1(C)CC[C@]2(C)[C@H](C(=O)C=C3[C@@H](C)/C=C(/C#N)C(=O)C(C)(C)CCC[C@]32C)[C@@H]1CC(C)(C)C. The van der Waals surface area contributed by atoms with Crippen molar-refractivity contribution in [2.45, 2.75) is 101 Å². The average Bonchev–Trinajstić information content (AvgIpc) is 2.79. The standard InChI is InChI=1S/C32H47NO4/c1-20-16-21(19-33)26(35)29(5,6)12-11-13-31(8)22(20)17-24(34)25-23(18-28(2,3)4)30(7,27(36)37-10)14-15-32(25,31)9/h16-17,20,23,25H,11-15,18H2,1-10H3/b21-16-/t20-,23-,25-,30-,31+,32+/m0/s1. The summed E-state index contributed by atoms with van der Waals surface area (Å²) in [7, 11) is 1.45. The average molecular weight is 510 g/mol. The zero-order valence-electron chi connectivity index (χ0n) is 24.7. The van der Waals surface area contributed by atoms with E-state index in [0.29, 0.717) is 12.8 Å². The number of allylic oxidation sites excluding steroid dienone is 4. The third kappa shape index (κ3) is 4.75. The molecular weight excluding hydrogens is 462 g/mol. The van der Waals surface area contributed by atoms with Gasteiger partial charge in [0.1, 0.15) is 6.07 Å². The van der Waals surface area contributed by atoms with E-state index < -0.39 is 10.8 Å². The van der Waals surface area contributed by atoms with Gasteiger partial charge < -0.3 is 4.74 Å². The van der Waals surface area contributed by atoms with Gasteiger partial charge in [-0.3, -0.25) is 14.4 Å². The van der Waals surface area contributed by atoms with Crippen LogP contribution in [0.15, 0.2) is 23.3 Å². The maximum atomic E-state index is 14.2. The summed E-state index contributed by atoms with van der Waals surface area (Å²) in [6.45, 7) is 18.9. The monoisotopic (exact) mass is 509 g/mol. The van der Waals surface area contributed by atoms with Crippen LogP contribution in [0.4, 0.5) is 0 Å². The molecule has 0 unspecified atom stereocenters. The Morgan fingerprint density at radius 3 is 2.24 bits per heavy atom. The first-order valence-electron chi connectivity index (χ1n) is 13.9. The molecule has 3 aliphatic rings. The number of carbonyl (C=O) groups is 3. The molecule has 1 fully saturated rings. The molecule has 0 heterocycles. The van der Waals surface area contributed by atoms with E-state index in [0.717, 1.165) is 31.3 Å². The van der Waals surface area contributed by atoms with Gasteiger partial charge in [-0.1, -0.05) is 73.5 Å². The largest absolute Gasteiger partial charge is 0.469 e. The van der Waals surface area contributed by atoms with Crippen LogP contribution in [0.1, 0.15) is 101 Å². The summed E-state index contributed by atoms with van der Waals surface area (Å²) in [6, 6.07) is 2.15. The quantitative estimate of drug-likeness (QED) is 0.374. The van der Waals surface area contributed by atoms with Gasteiger partial charge in [0.2, 0.25) is 0 Å². The first-order chi connectivity index (χ1) is 16.9. The van der Waals surface area contributed by atoms with E-state index >= 15 is 0 Å². The topological polar surface area (TPSA) is 84.2 Å². The Morgan fingerprint density at radius 1 is 1.08 bits per heavy atom. The summed E-state index contributed by atoms with van der Waals surface area (Å²) in [5.74, 6) is -0.931. The van der Waals surface area contributed by atoms with Crippen LogP contribution in [-0.4, -0.2) is 24.6 Å². The fraction of sp³-hybridized carbons (Fsp3) is 0.750. The van der Waals surface area contributed by atoms with Gasteiger partial charge in [0.15, 0.2) is 11.6 Å². The lowest BCUT2D eigenvalue weighted by Gasteiger charge is -2.63. The molecule has 0 saturated heterocycles. The van der Waals surface area contributed by atoms with Crippen LogP contribution >= 0.6 is 0 Å². The number of ketones is 2. The number of hydrogen-bond acceptors (Lipinski definition) is 5. The Balaban J connectivity index is 2.26. The highest BCUT2D eigenvalue weighted by Crippen LogP contribution is 2.68. The summed E-state index contributed by atoms with van der Waals surface area (Å²) >= 11 is 0. The minimum atomic E-state index is -0.729. The van der Waals surface area contributed by atoms with E-state index in [1.165, 1.54) is 7.11 Å². The molecule has 0 bridgehead atoms. The number of nitriles is 1. The van der Waals surface area contributed by atoms with E-state index in [9.17, 15) is 19.6 Å². The van der Waals surface area contributed by atoms with Gasteiger partial charge in [-0.15, -0.1) is 0 Å². The third-order valence-electron chi connectivity index (χ3n) is 10.4. The van der Waals surface area contributed by atoms with E-state index in [4.69, 9.17) is 4.74 Å². The van der Waals surface area contributed by atoms with Crippen molar-refractivity contribution >= 4 is 17.5 Å². The normalized spacial score (nSPS) is 39.8. The van der Waals surface area contributed by atoms with Crippen molar-refractivity contribution in [2.24, 2.45) is 44.8 Å². The third-order valence-corrected chi connectivity index (χ3v) is 10.4. The molecule has 0 spiro atoms. The summed E-state index contributed by atoms with van der Waals surface area (Å²) < 4.78 is 5.32. The number of fused-ring (bicyclic) bond motifs is 3. The van der Waals surface area contributed by atoms with Gasteiger partial charge in [-0.2, -0.15) is 5.26 Å². The minimum absolute atomic E-state index is 0.0676. The predicted octanol–water partition coefficient (Wildman–Crippen LogP) is 7.02. The van der Waals surface area contributed by atoms with Crippen molar-refractivity contribution in [3.05, 3.63) is 23.3 Å². The highest BCUT2D eigenvalue weighted by Gasteiger charge is 2.65. The van der Waals surface area contributed by atoms with Crippen LogP contribution in [0.5, 0.6) is 0 Å². The van der Waals surface area contributed by atoms with Crippen LogP contribution < -0.4 is 0 Å². The van der Waals surface area contributed by atoms with Crippen molar-refractivity contribution < 1.29 is 19.1 Å². The second-order valence-corrected chi connectivity index (χ2v) is 14.6. The van der Waals surface area contributed by atoms with Crippen molar-refractivity contribution in [1.29, 1.82) is 5.26 Å². The molecule has 0 aromatic heterocycles. The summed E-state index contributed by atoms with van der Waals surface area (Å²) in [4.78, 5) is 40.6. The van der Waals surface area contributed by atoms with Gasteiger partial charge >= 0.3 is 5.97 Å². The number of Topliss-reactive ketones (excluding diaryl/α,β-unsaturated/α-hetero) is 1. The van der Waals surface area contributed by atoms with Gasteiger partial charge in [0.25, 0.3) is 0 Å². The molecule has 5 heteroatoms. The fourth-order valence-corrected chi connectivity index (χ4v) is 7.95. The van der Waals surface area contributed by atoms with Crippen LogP contribution in [-0.2, 0) is 19.1 Å². The molecule has 3 rings (SSSR count). The van der Waals surface area contributed by atoms with Crippen molar-refractivity contribution in [2.75, 3.05) is 7.11 Å². The van der Waals surface area contributed by atoms with Gasteiger partial charge in [-0.05, 0) is 73.2 Å². The Bertz CT molecular complexity index is 1080. The van der Waals surface area contributed by atoms with E-state index in [1.807, 2.05) is 33.8 Å². The highest BCUT2D eigenvalue weighted by atomic mass is 16.5. The van der Waals surface area contributed by atoms with E-state index in [2.05, 4.69) is 40.7 Å². The smallest absolute Gasteiger partial charge is 0.311 e. The first kappa shape index (κ1) is 29.3. The minimum Gasteiger partial charge on any atom is -0.469 e. The Hall–Kier alpha value is -2.22. The molecule has 37 heavy (non-hydrogen) atoms. The van der Waals surface area contributed by atoms with E-state index in [1.54, 1.807) is 6.08 Å². The Kier molecular flexibility index (Phi) is 7.54. The molecule has 0 aromatic rings. The number of ether oxygens (including phenoxy) is 1. The van der Waals surface area contributed by atoms with Crippen LogP contribution in [0.25, 0.3) is 0 Å². The molecular formula is C32H47NO4. The number of rotatable bonds is 2. The lowest BCUT2D eigenvalue weighted by molar-refractivity contribution is -0.176. The lowest BCUT2D eigenvalue weighted by atomic mass is 9.40. The lowest BCUT2D eigenvalue weighted by Crippen LogP contribution is -2.61. The number of carbonyl (C=O) groups excluding carboxylic acids is 3. The van der Waals surface area contributed by atoms with Crippen LogP contribution in [0.2, 0.25) is 0 Å². The molecule has 5 nitrogen and oxygen atoms in total. The van der Waals surface area contributed by atoms with Crippen molar-refractivity contribution in [3.8, 4) is 6.07 Å². The highest BCUT2D eigenvalue weighted by molar-refractivity contribution is 6.03. The molecule has 1 saturated carbocycles. The number of hydrogen-bond donors (Lipinski definition) is 0. The van der Waals surface area contributed by atoms with Gasteiger partial charge in [0, 0.05) is 11.3 Å². The molecule has 0 radical (unpaired) electrons. The molecule has 204 valence electrons. The second kappa shape index (κ2) is 9.51. The Morgan fingerprint density at radius 2 is 1.70 bits per heavy atom. The van der Waals surface area contributed by atoms with Crippen molar-refractivity contribution in [3.63, 3.8) is 0 Å². The fourth-order valence-electron chi connectivity index (χ4n) is 7.95.